The number of aryl methyl sites for hydroxylation is 4. The van der Waals surface area contributed by atoms with Gasteiger partial charge in [-0.1, -0.05) is 23.3 Å². The van der Waals surface area contributed by atoms with Crippen LogP contribution in [0.3, 0.4) is 0 Å². The smallest absolute Gasteiger partial charge is 0.355 e. The van der Waals surface area contributed by atoms with Crippen molar-refractivity contribution in [1.82, 2.24) is 30.5 Å². The number of H-pyrrole nitrogens is 3. The fourth-order valence-electron chi connectivity index (χ4n) is 14.0. The quantitative estimate of drug-likeness (QED) is 0.0646. The summed E-state index contributed by atoms with van der Waals surface area (Å²) in [6.45, 7) is 11.7. The zero-order chi connectivity index (χ0) is 47.1. The molecule has 0 saturated heterocycles. The van der Waals surface area contributed by atoms with E-state index in [4.69, 9.17) is 9.15 Å². The molecule has 0 amide bonds. The average molecular weight is 921 g/mol. The summed E-state index contributed by atoms with van der Waals surface area (Å²) >= 11 is 0. The second-order valence-corrected chi connectivity index (χ2v) is 22.2. The molecule has 10 nitrogen and oxygen atoms in total. The van der Waals surface area contributed by atoms with Gasteiger partial charge in [-0.15, -0.1) is 0 Å². The number of hydrogen-bond donors (Lipinski definition) is 5. The highest BCUT2D eigenvalue weighted by atomic mass is 16.5. The number of aromatic amines is 3. The number of ketones is 1. The number of aromatic nitrogens is 3. The van der Waals surface area contributed by atoms with Crippen molar-refractivity contribution in [2.24, 2.45) is 23.2 Å². The lowest BCUT2D eigenvalue weighted by Gasteiger charge is -2.57. The lowest BCUT2D eigenvalue weighted by atomic mass is 9.49. The van der Waals surface area contributed by atoms with Crippen LogP contribution in [0.25, 0.3) is 21.8 Å². The molecule has 0 aliphatic heterocycles. The standard InChI is InChI=1S/C24H32N2.C18H27N3.C16H17NO4/c1-15-5-6-21-20(7-15)19-3-2-4-22(23(19)26-21)25-14-24-11-16-8-17(12-24)10-18(9-16)13-24;1-13-8-9-16-15(12-13)14-6-4-7-17(18(14)20-16)19-10-5-11-21(2)3;1-3-20-16(19)15-9(2)14-11(17-15)7-10(8-12(14)18)13-5-4-6-21-13/h5-7,16-18,22,25-26H,2-4,8-14H2,1H3;8-9,12,17,19-20H,4-7,10-11H2,1-3H3;4-6,10,17H,3,7-8H2,1-2H3. The van der Waals surface area contributed by atoms with E-state index < -0.39 is 5.97 Å². The van der Waals surface area contributed by atoms with E-state index in [2.05, 4.69) is 94.8 Å². The molecule has 10 heteroatoms. The molecule has 2 aromatic carbocycles. The van der Waals surface area contributed by atoms with Crippen molar-refractivity contribution in [2.45, 2.75) is 142 Å². The van der Waals surface area contributed by atoms with E-state index in [0.29, 0.717) is 53.8 Å². The Hall–Kier alpha value is -4.90. The summed E-state index contributed by atoms with van der Waals surface area (Å²) in [7, 11) is 4.28. The predicted octanol–water partition coefficient (Wildman–Crippen LogP) is 12.1. The molecule has 3 unspecified atom stereocenters. The van der Waals surface area contributed by atoms with Gasteiger partial charge in [0.15, 0.2) is 5.78 Å². The molecule has 4 saturated carbocycles. The Bertz CT molecular complexity index is 2700. The van der Waals surface area contributed by atoms with E-state index in [1.807, 2.05) is 12.1 Å². The third-order valence-electron chi connectivity index (χ3n) is 16.7. The van der Waals surface area contributed by atoms with E-state index in [9.17, 15) is 9.59 Å². The third kappa shape index (κ3) is 9.67. The lowest BCUT2D eigenvalue weighted by Crippen LogP contribution is -2.51. The summed E-state index contributed by atoms with van der Waals surface area (Å²) in [4.78, 5) is 37.1. The monoisotopic (exact) mass is 921 g/mol. The van der Waals surface area contributed by atoms with Gasteiger partial charge in [-0.25, -0.2) is 4.79 Å². The number of Topliss-reactive ketones (excluding diaryl/α,β-unsaturated/α-hetero) is 1. The zero-order valence-corrected chi connectivity index (χ0v) is 41.7. The van der Waals surface area contributed by atoms with Gasteiger partial charge in [0, 0.05) is 75.4 Å². The number of esters is 1. The van der Waals surface area contributed by atoms with Gasteiger partial charge in [-0.2, -0.15) is 0 Å². The molecule has 7 aliphatic rings. The van der Waals surface area contributed by atoms with Gasteiger partial charge in [0.05, 0.1) is 12.9 Å². The van der Waals surface area contributed by atoms with Crippen molar-refractivity contribution in [1.29, 1.82) is 0 Å². The molecule has 4 heterocycles. The van der Waals surface area contributed by atoms with Crippen molar-refractivity contribution < 1.29 is 18.7 Å². The molecule has 0 radical (unpaired) electrons. The minimum absolute atomic E-state index is 0.0214. The topological polar surface area (TPSA) is 131 Å². The summed E-state index contributed by atoms with van der Waals surface area (Å²) in [5, 5.41) is 10.7. The number of fused-ring (bicyclic) bond motifs is 7. The van der Waals surface area contributed by atoms with Crippen LogP contribution in [0.15, 0.2) is 59.2 Å². The Balaban J connectivity index is 0.000000120. The number of hydrogen-bond acceptors (Lipinski definition) is 7. The fourth-order valence-corrected chi connectivity index (χ4v) is 14.0. The molecule has 0 spiro atoms. The summed E-state index contributed by atoms with van der Waals surface area (Å²) in [6.07, 6.45) is 20.7. The summed E-state index contributed by atoms with van der Waals surface area (Å²) in [5.74, 6) is 3.63. The van der Waals surface area contributed by atoms with E-state index in [0.717, 1.165) is 42.3 Å². The van der Waals surface area contributed by atoms with E-state index >= 15 is 0 Å². The minimum Gasteiger partial charge on any atom is -0.469 e. The van der Waals surface area contributed by atoms with Gasteiger partial charge >= 0.3 is 5.97 Å². The van der Waals surface area contributed by atoms with Gasteiger partial charge in [-0.05, 0) is 221 Å². The Morgan fingerprint density at radius 1 is 0.809 bits per heavy atom. The maximum Gasteiger partial charge on any atom is 0.355 e. The van der Waals surface area contributed by atoms with E-state index in [1.165, 1.54) is 115 Å². The summed E-state index contributed by atoms with van der Waals surface area (Å²) in [5.41, 5.74) is 14.6. The number of nitrogens with zero attached hydrogens (tertiary/aromatic N) is 1. The van der Waals surface area contributed by atoms with Crippen LogP contribution >= 0.6 is 0 Å². The molecule has 3 atom stereocenters. The van der Waals surface area contributed by atoms with Crippen molar-refractivity contribution in [3.05, 3.63) is 117 Å². The molecule has 4 aromatic heterocycles. The first-order valence-electron chi connectivity index (χ1n) is 26.2. The minimum atomic E-state index is -0.410. The number of nitrogens with one attached hydrogen (secondary N) is 5. The van der Waals surface area contributed by atoms with E-state index in [-0.39, 0.29) is 11.7 Å². The Labute approximate surface area is 403 Å². The maximum absolute atomic E-state index is 12.4. The number of rotatable bonds is 11. The number of ether oxygens (including phenoxy) is 1. The Morgan fingerprint density at radius 2 is 1.41 bits per heavy atom. The van der Waals surface area contributed by atoms with Crippen LogP contribution in [0.4, 0.5) is 0 Å². The first-order chi connectivity index (χ1) is 32.9. The predicted molar refractivity (Wildman–Crippen MR) is 273 cm³/mol. The van der Waals surface area contributed by atoms with Gasteiger partial charge in [0.1, 0.15) is 11.5 Å². The molecule has 6 aromatic rings. The first-order valence-corrected chi connectivity index (χ1v) is 26.2. The van der Waals surface area contributed by atoms with Gasteiger partial charge in [0.2, 0.25) is 0 Å². The maximum atomic E-state index is 12.4. The molecule has 362 valence electrons. The molecule has 68 heavy (non-hydrogen) atoms. The zero-order valence-electron chi connectivity index (χ0n) is 41.7. The number of benzene rings is 2. The van der Waals surface area contributed by atoms with Crippen molar-refractivity contribution in [2.75, 3.05) is 40.3 Å². The summed E-state index contributed by atoms with van der Waals surface area (Å²) in [6, 6.07) is 18.4. The van der Waals surface area contributed by atoms with Crippen LogP contribution in [0, 0.1) is 43.9 Å². The highest BCUT2D eigenvalue weighted by Gasteiger charge is 2.51. The van der Waals surface area contributed by atoms with Crippen LogP contribution < -0.4 is 10.6 Å². The second-order valence-electron chi connectivity index (χ2n) is 22.2. The largest absolute Gasteiger partial charge is 0.469 e. The first kappa shape index (κ1) is 46.8. The van der Waals surface area contributed by atoms with Gasteiger partial charge in [-0.3, -0.25) is 4.79 Å². The highest BCUT2D eigenvalue weighted by Crippen LogP contribution is 2.60. The Morgan fingerprint density at radius 3 is 1.97 bits per heavy atom. The van der Waals surface area contributed by atoms with Crippen LogP contribution in [0.2, 0.25) is 0 Å². The van der Waals surface area contributed by atoms with Crippen LogP contribution in [0.1, 0.15) is 173 Å². The van der Waals surface area contributed by atoms with Crippen LogP contribution in [-0.4, -0.2) is 71.9 Å². The molecule has 13 rings (SSSR count). The summed E-state index contributed by atoms with van der Waals surface area (Å²) < 4.78 is 10.4. The normalized spacial score (nSPS) is 25.7. The van der Waals surface area contributed by atoms with E-state index in [1.54, 1.807) is 50.5 Å². The van der Waals surface area contributed by atoms with Crippen molar-refractivity contribution in [3.8, 4) is 0 Å². The van der Waals surface area contributed by atoms with Crippen molar-refractivity contribution >= 4 is 33.6 Å². The molecular weight excluding hydrogens is 845 g/mol. The van der Waals surface area contributed by atoms with Gasteiger partial charge in [0.25, 0.3) is 0 Å². The second kappa shape index (κ2) is 19.8. The fraction of sp³-hybridized carbons (Fsp3) is 0.552. The number of carbonyl (C=O) groups excluding carboxylic acids is 2. The highest BCUT2D eigenvalue weighted by molar-refractivity contribution is 6.03. The number of furan rings is 1. The number of carbonyl (C=O) groups is 2. The molecular formula is C58H76N6O4. The van der Waals surface area contributed by atoms with Gasteiger partial charge < -0.3 is 39.6 Å². The molecule has 4 fully saturated rings. The molecule has 5 N–H and O–H groups in total. The average Bonchev–Trinajstić information content (AvgIpc) is 4.13. The van der Waals surface area contributed by atoms with Crippen molar-refractivity contribution in [3.63, 3.8) is 0 Å². The molecule has 7 aliphatic carbocycles. The Kier molecular flexibility index (Phi) is 13.7. The lowest BCUT2D eigenvalue weighted by molar-refractivity contribution is -0.0527. The third-order valence-corrected chi connectivity index (χ3v) is 16.7. The van der Waals surface area contributed by atoms with Crippen LogP contribution in [0.5, 0.6) is 0 Å². The molecule has 4 bridgehead atoms. The SMILES string of the molecule is CCOC(=O)c1[nH]c2c(c1C)C(=O)CC(c1ccco1)C2.Cc1ccc2[nH]c3c(c2c1)CCCC3NCC12CC3CC(CC(C3)C1)C2.Cc1ccc2[nH]c3c(c2c1)CCCC3NCCCN(C)C. The van der Waals surface area contributed by atoms with Crippen LogP contribution in [-0.2, 0) is 24.0 Å².